The lowest BCUT2D eigenvalue weighted by atomic mass is 10.1. The Morgan fingerprint density at radius 3 is 2.60 bits per heavy atom. The lowest BCUT2D eigenvalue weighted by Crippen LogP contribution is -2.19. The molecule has 1 aromatic carbocycles. The molecule has 2 rings (SSSR count). The van der Waals surface area contributed by atoms with Crippen LogP contribution in [-0.2, 0) is 6.54 Å². The number of aromatic nitrogens is 2. The zero-order valence-electron chi connectivity index (χ0n) is 11.0. The van der Waals surface area contributed by atoms with Gasteiger partial charge in [-0.1, -0.05) is 18.2 Å². The fourth-order valence-electron chi connectivity index (χ4n) is 1.84. The molecule has 0 saturated heterocycles. The van der Waals surface area contributed by atoms with E-state index < -0.39 is 6.61 Å². The van der Waals surface area contributed by atoms with Gasteiger partial charge in [0.25, 0.3) is 0 Å². The lowest BCUT2D eigenvalue weighted by molar-refractivity contribution is -0.0506. The second-order valence-corrected chi connectivity index (χ2v) is 4.27. The molecule has 0 fully saturated rings. The van der Waals surface area contributed by atoms with Gasteiger partial charge in [0.05, 0.1) is 0 Å². The SMILES string of the molecule is CC(NCc1cncnc1)c1ccccc1OC(F)F. The van der Waals surface area contributed by atoms with Gasteiger partial charge in [0.1, 0.15) is 12.1 Å². The number of benzene rings is 1. The van der Waals surface area contributed by atoms with Crippen molar-refractivity contribution in [2.24, 2.45) is 0 Å². The van der Waals surface area contributed by atoms with Crippen molar-refractivity contribution in [1.29, 1.82) is 0 Å². The van der Waals surface area contributed by atoms with Crippen molar-refractivity contribution < 1.29 is 13.5 Å². The summed E-state index contributed by atoms with van der Waals surface area (Å²) in [4.78, 5) is 7.83. The molecular weight excluding hydrogens is 264 g/mol. The molecule has 2 aromatic rings. The van der Waals surface area contributed by atoms with Crippen LogP contribution in [0.1, 0.15) is 24.1 Å². The van der Waals surface area contributed by atoms with Gasteiger partial charge in [-0.3, -0.25) is 0 Å². The summed E-state index contributed by atoms with van der Waals surface area (Å²) in [6, 6.07) is 6.61. The van der Waals surface area contributed by atoms with E-state index in [2.05, 4.69) is 20.0 Å². The highest BCUT2D eigenvalue weighted by molar-refractivity contribution is 5.35. The van der Waals surface area contributed by atoms with Crippen LogP contribution in [0.5, 0.6) is 5.75 Å². The Kier molecular flexibility index (Phi) is 4.95. The van der Waals surface area contributed by atoms with Crippen LogP contribution in [0, 0.1) is 0 Å². The van der Waals surface area contributed by atoms with Gasteiger partial charge in [0, 0.05) is 36.1 Å². The minimum absolute atomic E-state index is 0.134. The van der Waals surface area contributed by atoms with Crippen molar-refractivity contribution in [1.82, 2.24) is 15.3 Å². The van der Waals surface area contributed by atoms with Gasteiger partial charge in [0.15, 0.2) is 0 Å². The number of halogens is 2. The van der Waals surface area contributed by atoms with Crippen LogP contribution < -0.4 is 10.1 Å². The molecule has 0 aliphatic heterocycles. The zero-order chi connectivity index (χ0) is 14.4. The fourth-order valence-corrected chi connectivity index (χ4v) is 1.84. The molecule has 1 N–H and O–H groups in total. The van der Waals surface area contributed by atoms with Crippen molar-refractivity contribution in [3.63, 3.8) is 0 Å². The van der Waals surface area contributed by atoms with E-state index in [1.54, 1.807) is 30.6 Å². The first kappa shape index (κ1) is 14.3. The van der Waals surface area contributed by atoms with Gasteiger partial charge in [-0.05, 0) is 13.0 Å². The summed E-state index contributed by atoms with van der Waals surface area (Å²) in [6.45, 7) is -0.395. The van der Waals surface area contributed by atoms with Crippen molar-refractivity contribution in [2.45, 2.75) is 26.1 Å². The minimum atomic E-state index is -2.83. The molecule has 0 bridgehead atoms. The van der Waals surface area contributed by atoms with Gasteiger partial charge in [-0.2, -0.15) is 8.78 Å². The number of hydrogen-bond donors (Lipinski definition) is 1. The van der Waals surface area contributed by atoms with Crippen LogP contribution in [-0.4, -0.2) is 16.6 Å². The predicted molar refractivity (Wildman–Crippen MR) is 70.4 cm³/mol. The third-order valence-electron chi connectivity index (χ3n) is 2.83. The second kappa shape index (κ2) is 6.91. The van der Waals surface area contributed by atoms with Crippen LogP contribution in [0.25, 0.3) is 0 Å². The van der Waals surface area contributed by atoms with Crippen molar-refractivity contribution in [2.75, 3.05) is 0 Å². The first-order valence-electron chi connectivity index (χ1n) is 6.18. The molecule has 0 saturated carbocycles. The molecule has 1 heterocycles. The molecule has 1 atom stereocenters. The molecule has 0 spiro atoms. The van der Waals surface area contributed by atoms with E-state index in [4.69, 9.17) is 0 Å². The number of ether oxygens (including phenoxy) is 1. The minimum Gasteiger partial charge on any atom is -0.434 e. The first-order valence-corrected chi connectivity index (χ1v) is 6.18. The smallest absolute Gasteiger partial charge is 0.387 e. The Bertz CT molecular complexity index is 537. The number of nitrogens with zero attached hydrogens (tertiary/aromatic N) is 2. The molecule has 0 amide bonds. The van der Waals surface area contributed by atoms with Crippen molar-refractivity contribution in [3.8, 4) is 5.75 Å². The molecule has 106 valence electrons. The number of alkyl halides is 2. The van der Waals surface area contributed by atoms with E-state index in [1.165, 1.54) is 12.4 Å². The Hall–Kier alpha value is -2.08. The van der Waals surface area contributed by atoms with E-state index in [9.17, 15) is 8.78 Å². The van der Waals surface area contributed by atoms with Crippen LogP contribution >= 0.6 is 0 Å². The topological polar surface area (TPSA) is 47.0 Å². The van der Waals surface area contributed by atoms with Gasteiger partial charge in [0.2, 0.25) is 0 Å². The number of hydrogen-bond acceptors (Lipinski definition) is 4. The normalized spacial score (nSPS) is 12.4. The third-order valence-corrected chi connectivity index (χ3v) is 2.83. The van der Waals surface area contributed by atoms with E-state index in [0.29, 0.717) is 12.1 Å². The van der Waals surface area contributed by atoms with Crippen molar-refractivity contribution >= 4 is 0 Å². The molecule has 1 unspecified atom stereocenters. The highest BCUT2D eigenvalue weighted by Gasteiger charge is 2.14. The van der Waals surface area contributed by atoms with Gasteiger partial charge < -0.3 is 10.1 Å². The average Bonchev–Trinajstić information content (AvgIpc) is 2.46. The molecule has 0 aliphatic carbocycles. The summed E-state index contributed by atoms with van der Waals surface area (Å²) in [5.41, 5.74) is 1.61. The molecule has 0 radical (unpaired) electrons. The second-order valence-electron chi connectivity index (χ2n) is 4.27. The Labute approximate surface area is 115 Å². The van der Waals surface area contributed by atoms with Gasteiger partial charge in [-0.15, -0.1) is 0 Å². The van der Waals surface area contributed by atoms with Crippen LogP contribution in [0.3, 0.4) is 0 Å². The zero-order valence-corrected chi connectivity index (χ0v) is 11.0. The van der Waals surface area contributed by atoms with Crippen LogP contribution in [0.4, 0.5) is 8.78 Å². The molecule has 4 nitrogen and oxygen atoms in total. The van der Waals surface area contributed by atoms with E-state index in [0.717, 1.165) is 5.56 Å². The highest BCUT2D eigenvalue weighted by Crippen LogP contribution is 2.26. The summed E-state index contributed by atoms with van der Waals surface area (Å²) in [6.07, 6.45) is 4.86. The predicted octanol–water partition coefficient (Wildman–Crippen LogP) is 2.93. The summed E-state index contributed by atoms with van der Waals surface area (Å²) in [7, 11) is 0. The summed E-state index contributed by atoms with van der Waals surface area (Å²) < 4.78 is 29.2. The van der Waals surface area contributed by atoms with Crippen LogP contribution in [0.15, 0.2) is 43.0 Å². The summed E-state index contributed by atoms with van der Waals surface area (Å²) >= 11 is 0. The summed E-state index contributed by atoms with van der Waals surface area (Å²) in [5.74, 6) is 0.187. The molecule has 0 aliphatic rings. The average molecular weight is 279 g/mol. The van der Waals surface area contributed by atoms with E-state index in [-0.39, 0.29) is 11.8 Å². The number of para-hydroxylation sites is 1. The van der Waals surface area contributed by atoms with E-state index in [1.807, 2.05) is 6.92 Å². The van der Waals surface area contributed by atoms with Crippen LogP contribution in [0.2, 0.25) is 0 Å². The standard InChI is InChI=1S/C14H15F2N3O/c1-10(19-8-11-6-17-9-18-7-11)12-4-2-3-5-13(12)20-14(15)16/h2-7,9-10,14,19H,8H2,1H3. The fraction of sp³-hybridized carbons (Fsp3) is 0.286. The van der Waals surface area contributed by atoms with E-state index >= 15 is 0 Å². The van der Waals surface area contributed by atoms with Crippen molar-refractivity contribution in [3.05, 3.63) is 54.1 Å². The number of rotatable bonds is 6. The lowest BCUT2D eigenvalue weighted by Gasteiger charge is -2.17. The molecule has 20 heavy (non-hydrogen) atoms. The monoisotopic (exact) mass is 279 g/mol. The number of nitrogens with one attached hydrogen (secondary N) is 1. The summed E-state index contributed by atoms with van der Waals surface area (Å²) in [5, 5.41) is 3.22. The first-order chi connectivity index (χ1) is 9.66. The van der Waals surface area contributed by atoms with Gasteiger partial charge >= 0.3 is 6.61 Å². The Balaban J connectivity index is 2.03. The third kappa shape index (κ3) is 3.96. The Morgan fingerprint density at radius 2 is 1.90 bits per heavy atom. The molecular formula is C14H15F2N3O. The maximum Gasteiger partial charge on any atom is 0.387 e. The maximum absolute atomic E-state index is 12.4. The maximum atomic E-state index is 12.4. The molecule has 1 aromatic heterocycles. The Morgan fingerprint density at radius 1 is 1.20 bits per heavy atom. The largest absolute Gasteiger partial charge is 0.434 e. The van der Waals surface area contributed by atoms with Gasteiger partial charge in [-0.25, -0.2) is 9.97 Å². The highest BCUT2D eigenvalue weighted by atomic mass is 19.3. The molecule has 6 heteroatoms. The quantitative estimate of drug-likeness (QED) is 0.883.